The van der Waals surface area contributed by atoms with Gasteiger partial charge in [0.05, 0.1) is 17.5 Å². The van der Waals surface area contributed by atoms with Crippen LogP contribution in [0.5, 0.6) is 0 Å². The van der Waals surface area contributed by atoms with Gasteiger partial charge in [0, 0.05) is 33.8 Å². The highest BCUT2D eigenvalue weighted by Crippen LogP contribution is 2.65. The number of hydrogen-bond acceptors (Lipinski definition) is 3. The minimum atomic E-state index is -1.33. The maximum atomic E-state index is 13.0. The molecule has 2 unspecified atom stereocenters. The summed E-state index contributed by atoms with van der Waals surface area (Å²) >= 11 is 31.2. The highest BCUT2D eigenvalue weighted by atomic mass is 35.5. The van der Waals surface area contributed by atoms with Gasteiger partial charge in [-0.2, -0.15) is 0 Å². The van der Waals surface area contributed by atoms with Gasteiger partial charge >= 0.3 is 0 Å². The van der Waals surface area contributed by atoms with Gasteiger partial charge in [-0.25, -0.2) is 4.39 Å². The predicted molar refractivity (Wildman–Crippen MR) is 140 cm³/mol. The molecule has 1 saturated carbocycles. The number of rotatable bonds is 8. The number of Topliss-reactive ketones (excluding diaryl/α,β-unsaturated/α-hetero) is 1. The highest BCUT2D eigenvalue weighted by Gasteiger charge is 2.67. The third kappa shape index (κ3) is 6.11. The van der Waals surface area contributed by atoms with Gasteiger partial charge in [0.25, 0.3) is 0 Å². The Hall–Kier alpha value is -1.86. The summed E-state index contributed by atoms with van der Waals surface area (Å²) in [6, 6.07) is 15.5. The van der Waals surface area contributed by atoms with Crippen molar-refractivity contribution >= 4 is 75.4 Å². The van der Waals surface area contributed by atoms with Crippen molar-refractivity contribution in [1.29, 1.82) is 0 Å². The lowest BCUT2D eigenvalue weighted by molar-refractivity contribution is -0.117. The summed E-state index contributed by atoms with van der Waals surface area (Å²) in [7, 11) is 0. The predicted octanol–water partition coefficient (Wildman–Crippen LogP) is 7.28. The lowest BCUT2D eigenvalue weighted by Crippen LogP contribution is -2.23. The molecule has 0 heterocycles. The first kappa shape index (κ1) is 26.2. The van der Waals surface area contributed by atoms with Gasteiger partial charge in [0.2, 0.25) is 5.91 Å². The van der Waals surface area contributed by atoms with Crippen LogP contribution in [0.3, 0.4) is 0 Å². The molecule has 1 amide bonds. The summed E-state index contributed by atoms with van der Waals surface area (Å²) in [5.41, 5.74) is 2.11. The Bertz CT molecular complexity index is 1260. The fourth-order valence-electron chi connectivity index (χ4n) is 3.88. The summed E-state index contributed by atoms with van der Waals surface area (Å²) in [6.07, 6.45) is 0. The van der Waals surface area contributed by atoms with E-state index in [1.165, 1.54) is 24.3 Å². The molecule has 182 valence electrons. The van der Waals surface area contributed by atoms with Gasteiger partial charge in [-0.1, -0.05) is 46.9 Å². The largest absolute Gasteiger partial charge is 0.326 e. The van der Waals surface area contributed by atoms with E-state index in [1.807, 2.05) is 0 Å². The molecule has 0 bridgehead atoms. The third-order valence-corrected chi connectivity index (χ3v) is 7.35. The van der Waals surface area contributed by atoms with E-state index in [4.69, 9.17) is 58.0 Å². The summed E-state index contributed by atoms with van der Waals surface area (Å²) in [5, 5.41) is 6.84. The summed E-state index contributed by atoms with van der Waals surface area (Å²) in [5.74, 6) is -2.25. The van der Waals surface area contributed by atoms with Crippen LogP contribution in [0.1, 0.15) is 27.4 Å². The van der Waals surface area contributed by atoms with Crippen molar-refractivity contribution < 1.29 is 14.0 Å². The van der Waals surface area contributed by atoms with E-state index in [2.05, 4.69) is 10.6 Å². The first-order valence-corrected chi connectivity index (χ1v) is 12.4. The van der Waals surface area contributed by atoms with Gasteiger partial charge < -0.3 is 10.6 Å². The van der Waals surface area contributed by atoms with Crippen molar-refractivity contribution in [3.63, 3.8) is 0 Å². The number of hydrogen-bond donors (Lipinski definition) is 2. The van der Waals surface area contributed by atoms with Crippen LogP contribution in [0.15, 0.2) is 60.7 Å². The molecular formula is C25H18Cl5FN2O2. The number of anilines is 1. The normalized spacial score (nSPS) is 18.2. The van der Waals surface area contributed by atoms with Crippen LogP contribution in [0.4, 0.5) is 10.1 Å². The standard InChI is InChI=1S/C25H18Cl5FN2O2/c26-15-7-14(8-16(27)9-15)22-23(25(22,29)30)24(35)33-18-5-6-20(28)19(10-18)21(34)12-32-11-13-1-3-17(31)4-2-13/h1-10,22-23,32H,11-12H2,(H,33,35). The van der Waals surface area contributed by atoms with E-state index >= 15 is 0 Å². The van der Waals surface area contributed by atoms with Crippen molar-refractivity contribution in [3.05, 3.63) is 98.2 Å². The maximum Gasteiger partial charge on any atom is 0.231 e. The molecule has 0 saturated heterocycles. The SMILES string of the molecule is O=C(CNCc1ccc(F)cc1)c1cc(NC(=O)C2C(c3cc(Cl)cc(Cl)c3)C2(Cl)Cl)ccc1Cl. The van der Waals surface area contributed by atoms with Gasteiger partial charge in [-0.3, -0.25) is 9.59 Å². The number of carbonyl (C=O) groups is 2. The van der Waals surface area contributed by atoms with Crippen LogP contribution in [0.2, 0.25) is 15.1 Å². The molecule has 4 nitrogen and oxygen atoms in total. The Morgan fingerprint density at radius 1 is 0.914 bits per heavy atom. The fourth-order valence-corrected chi connectivity index (χ4v) is 5.47. The third-order valence-electron chi connectivity index (χ3n) is 5.64. The van der Waals surface area contributed by atoms with E-state index in [-0.39, 0.29) is 28.7 Å². The van der Waals surface area contributed by atoms with Crippen LogP contribution in [0.25, 0.3) is 0 Å². The Kier molecular flexibility index (Phi) is 7.96. The Morgan fingerprint density at radius 2 is 1.57 bits per heavy atom. The van der Waals surface area contributed by atoms with Gasteiger partial charge in [0.15, 0.2) is 5.78 Å². The number of nitrogens with one attached hydrogen (secondary N) is 2. The second-order valence-corrected chi connectivity index (χ2v) is 10.9. The van der Waals surface area contributed by atoms with Crippen molar-refractivity contribution in [1.82, 2.24) is 5.32 Å². The minimum absolute atomic E-state index is 0.00118. The molecule has 0 aromatic heterocycles. The minimum Gasteiger partial charge on any atom is -0.326 e. The zero-order valence-electron chi connectivity index (χ0n) is 17.9. The molecule has 1 aliphatic rings. The van der Waals surface area contributed by atoms with Gasteiger partial charge in [0.1, 0.15) is 10.2 Å². The molecule has 3 aromatic rings. The zero-order chi connectivity index (χ0) is 25.3. The van der Waals surface area contributed by atoms with Crippen molar-refractivity contribution in [2.45, 2.75) is 16.8 Å². The summed E-state index contributed by atoms with van der Waals surface area (Å²) in [6.45, 7) is 0.380. The molecule has 10 heteroatoms. The topological polar surface area (TPSA) is 58.2 Å². The molecule has 1 fully saturated rings. The Morgan fingerprint density at radius 3 is 2.23 bits per heavy atom. The van der Waals surface area contributed by atoms with E-state index < -0.39 is 22.1 Å². The van der Waals surface area contributed by atoms with Crippen LogP contribution < -0.4 is 10.6 Å². The number of amides is 1. The molecule has 35 heavy (non-hydrogen) atoms. The van der Waals surface area contributed by atoms with Crippen molar-refractivity contribution in [2.75, 3.05) is 11.9 Å². The van der Waals surface area contributed by atoms with Crippen LogP contribution in [-0.2, 0) is 11.3 Å². The molecule has 0 radical (unpaired) electrons. The van der Waals surface area contributed by atoms with Crippen LogP contribution >= 0.6 is 58.0 Å². The smallest absolute Gasteiger partial charge is 0.231 e. The molecule has 2 N–H and O–H groups in total. The Balaban J connectivity index is 1.41. The first-order chi connectivity index (χ1) is 16.6. The number of alkyl halides is 2. The lowest BCUT2D eigenvalue weighted by atomic mass is 10.1. The van der Waals surface area contributed by atoms with Crippen LogP contribution in [0, 0.1) is 11.7 Å². The van der Waals surface area contributed by atoms with E-state index in [0.717, 1.165) is 5.56 Å². The fraction of sp³-hybridized carbons (Fsp3) is 0.200. The first-order valence-electron chi connectivity index (χ1n) is 10.5. The monoisotopic (exact) mass is 572 g/mol. The van der Waals surface area contributed by atoms with E-state index in [9.17, 15) is 14.0 Å². The average Bonchev–Trinajstić information content (AvgIpc) is 3.37. The average molecular weight is 575 g/mol. The van der Waals surface area contributed by atoms with Gasteiger partial charge in [-0.15, -0.1) is 23.2 Å². The van der Waals surface area contributed by atoms with Gasteiger partial charge in [-0.05, 0) is 59.7 Å². The second-order valence-electron chi connectivity index (χ2n) is 8.17. The highest BCUT2D eigenvalue weighted by molar-refractivity contribution is 6.53. The number of benzene rings is 3. The maximum absolute atomic E-state index is 13.0. The molecule has 3 aromatic carbocycles. The van der Waals surface area contributed by atoms with Crippen molar-refractivity contribution in [3.8, 4) is 0 Å². The molecule has 0 aliphatic heterocycles. The number of halogens is 6. The number of ketones is 1. The Labute approximate surface area is 226 Å². The second kappa shape index (κ2) is 10.6. The number of carbonyl (C=O) groups excluding carboxylic acids is 2. The molecular weight excluding hydrogens is 557 g/mol. The molecule has 2 atom stereocenters. The quantitative estimate of drug-likeness (QED) is 0.220. The van der Waals surface area contributed by atoms with E-state index in [1.54, 1.807) is 36.4 Å². The van der Waals surface area contributed by atoms with Crippen LogP contribution in [-0.4, -0.2) is 22.6 Å². The molecule has 4 rings (SSSR count). The zero-order valence-corrected chi connectivity index (χ0v) is 21.7. The molecule has 0 spiro atoms. The summed E-state index contributed by atoms with van der Waals surface area (Å²) in [4.78, 5) is 25.7. The van der Waals surface area contributed by atoms with E-state index in [0.29, 0.717) is 27.8 Å². The lowest BCUT2D eigenvalue weighted by Gasteiger charge is -2.10. The molecule has 1 aliphatic carbocycles. The van der Waals surface area contributed by atoms with Crippen molar-refractivity contribution in [2.24, 2.45) is 5.92 Å². The summed E-state index contributed by atoms with van der Waals surface area (Å²) < 4.78 is 11.7.